The van der Waals surface area contributed by atoms with Crippen LogP contribution >= 0.6 is 0 Å². The highest BCUT2D eigenvalue weighted by molar-refractivity contribution is 6.09. The van der Waals surface area contributed by atoms with Gasteiger partial charge in [0.05, 0.1) is 0 Å². The predicted molar refractivity (Wildman–Crippen MR) is 100 cm³/mol. The van der Waals surface area contributed by atoms with Gasteiger partial charge in [0.15, 0.2) is 0 Å². The Bertz CT molecular complexity index is 859. The van der Waals surface area contributed by atoms with Crippen molar-refractivity contribution in [3.05, 3.63) is 59.4 Å². The van der Waals surface area contributed by atoms with E-state index in [1.165, 1.54) is 12.1 Å². The zero-order valence-electron chi connectivity index (χ0n) is 15.1. The summed E-state index contributed by atoms with van der Waals surface area (Å²) in [5.41, 5.74) is 0.249. The SMILES string of the molecule is CN(C)c1ccc(C2(c3ccc(N(C)C)cc3O)C(=O)[C+]=C2O)c(O)c1. The van der Waals surface area contributed by atoms with Crippen LogP contribution in [0.25, 0.3) is 0 Å². The first-order valence-electron chi connectivity index (χ1n) is 8.09. The van der Waals surface area contributed by atoms with Crippen LogP contribution in [0.3, 0.4) is 0 Å². The van der Waals surface area contributed by atoms with Crippen LogP contribution in [0.4, 0.5) is 11.4 Å². The van der Waals surface area contributed by atoms with Gasteiger partial charge in [-0.05, 0) is 12.1 Å². The molecule has 3 N–H and O–H groups in total. The minimum Gasteiger partial charge on any atom is -0.508 e. The van der Waals surface area contributed by atoms with Crippen LogP contribution in [0.2, 0.25) is 0 Å². The van der Waals surface area contributed by atoms with Crippen LogP contribution in [0.15, 0.2) is 42.2 Å². The molecule has 26 heavy (non-hydrogen) atoms. The second-order valence-corrected chi connectivity index (χ2v) is 6.74. The average molecular weight is 353 g/mol. The highest BCUT2D eigenvalue weighted by atomic mass is 16.3. The van der Waals surface area contributed by atoms with E-state index in [9.17, 15) is 20.1 Å². The highest BCUT2D eigenvalue weighted by Gasteiger charge is 2.68. The van der Waals surface area contributed by atoms with Crippen LogP contribution < -0.4 is 9.80 Å². The number of phenolic OH excluding ortho intramolecular Hbond substituents is 2. The molecule has 0 saturated heterocycles. The van der Waals surface area contributed by atoms with Gasteiger partial charge in [-0.15, -0.1) is 0 Å². The Morgan fingerprint density at radius 3 is 1.50 bits per heavy atom. The summed E-state index contributed by atoms with van der Waals surface area (Å²) in [5, 5.41) is 31.5. The van der Waals surface area contributed by atoms with E-state index in [1.54, 1.807) is 24.3 Å². The van der Waals surface area contributed by atoms with Crippen molar-refractivity contribution in [2.75, 3.05) is 38.0 Å². The van der Waals surface area contributed by atoms with E-state index in [0.717, 1.165) is 11.4 Å². The Kier molecular flexibility index (Phi) is 4.01. The number of hydrogen-bond acceptors (Lipinski definition) is 6. The second kappa shape index (κ2) is 5.93. The van der Waals surface area contributed by atoms with Gasteiger partial charge in [-0.25, -0.2) is 4.79 Å². The molecule has 0 aromatic heterocycles. The largest absolute Gasteiger partial charge is 0.508 e. The number of allylic oxidation sites excluding steroid dienone is 2. The second-order valence-electron chi connectivity index (χ2n) is 6.74. The molecule has 0 amide bonds. The molecule has 0 fully saturated rings. The lowest BCUT2D eigenvalue weighted by molar-refractivity contribution is -0.122. The fraction of sp³-hybridized carbons (Fsp3) is 0.250. The number of hydrogen-bond donors (Lipinski definition) is 3. The summed E-state index contributed by atoms with van der Waals surface area (Å²) in [5.74, 6) is -1.14. The first kappa shape index (κ1) is 17.6. The van der Waals surface area contributed by atoms with Crippen LogP contribution in [0, 0.1) is 6.08 Å². The molecule has 0 saturated carbocycles. The molecule has 0 unspecified atom stereocenters. The molecule has 0 aliphatic heterocycles. The topological polar surface area (TPSA) is 84.2 Å². The van der Waals surface area contributed by atoms with Crippen LogP contribution in [0.5, 0.6) is 11.5 Å². The Balaban J connectivity index is 2.23. The van der Waals surface area contributed by atoms with E-state index in [1.807, 2.05) is 38.0 Å². The number of rotatable bonds is 4. The number of Topliss-reactive ketones (excluding diaryl/α,β-unsaturated/α-hetero) is 1. The van der Waals surface area contributed by atoms with Gasteiger partial charge in [0.1, 0.15) is 11.5 Å². The number of anilines is 2. The lowest BCUT2D eigenvalue weighted by Crippen LogP contribution is -2.46. The third kappa shape index (κ3) is 2.35. The lowest BCUT2D eigenvalue weighted by atomic mass is 9.63. The number of aliphatic hydroxyl groups excluding tert-OH is 1. The zero-order chi connectivity index (χ0) is 19.2. The predicted octanol–water partition coefficient (Wildman–Crippen LogP) is 2.34. The van der Waals surface area contributed by atoms with E-state index in [4.69, 9.17) is 0 Å². The summed E-state index contributed by atoms with van der Waals surface area (Å²) in [4.78, 5) is 16.2. The van der Waals surface area contributed by atoms with E-state index in [0.29, 0.717) is 0 Å². The molecule has 0 heterocycles. The monoisotopic (exact) mass is 353 g/mol. The quantitative estimate of drug-likeness (QED) is 0.732. The average Bonchev–Trinajstić information content (AvgIpc) is 2.57. The molecular weight excluding hydrogens is 332 g/mol. The molecular formula is C20H21N2O4+. The summed E-state index contributed by atoms with van der Waals surface area (Å²) < 4.78 is 0. The molecule has 6 heteroatoms. The number of ketones is 1. The summed E-state index contributed by atoms with van der Waals surface area (Å²) >= 11 is 0. The molecule has 1 aliphatic carbocycles. The maximum atomic E-state index is 12.6. The molecule has 0 bridgehead atoms. The zero-order valence-corrected chi connectivity index (χ0v) is 15.1. The molecule has 2 aromatic rings. The van der Waals surface area contributed by atoms with Crippen LogP contribution in [-0.2, 0) is 10.2 Å². The maximum Gasteiger partial charge on any atom is 0.423 e. The van der Waals surface area contributed by atoms with Gasteiger partial charge >= 0.3 is 17.6 Å². The molecule has 0 spiro atoms. The fourth-order valence-corrected chi connectivity index (χ4v) is 3.22. The third-order valence-corrected chi connectivity index (χ3v) is 4.73. The standard InChI is InChI=1S/C20H20N2O4/c1-21(2)12-5-7-14(16(23)9-12)20(18(25)11-19(20)26)15-8-6-13(22(3)4)10-17(15)24/h5-10H,1-4H3,(H2-,23,24,25,26)/p+1. The van der Waals surface area contributed by atoms with Crippen molar-refractivity contribution in [1.82, 2.24) is 0 Å². The first-order chi connectivity index (χ1) is 12.2. The number of carbonyl (C=O) groups is 1. The van der Waals surface area contributed by atoms with Crippen molar-refractivity contribution < 1.29 is 20.1 Å². The van der Waals surface area contributed by atoms with E-state index in [2.05, 4.69) is 6.08 Å². The number of aliphatic hydroxyl groups is 1. The molecule has 3 rings (SSSR count). The summed E-state index contributed by atoms with van der Waals surface area (Å²) in [7, 11) is 7.32. The van der Waals surface area contributed by atoms with Crippen molar-refractivity contribution in [1.29, 1.82) is 0 Å². The van der Waals surface area contributed by atoms with Gasteiger partial charge in [-0.1, -0.05) is 12.1 Å². The number of carbonyl (C=O) groups excluding carboxylic acids is 1. The fourth-order valence-electron chi connectivity index (χ4n) is 3.22. The number of benzene rings is 2. The Morgan fingerprint density at radius 2 is 1.23 bits per heavy atom. The Labute approximate surface area is 152 Å². The normalized spacial score (nSPS) is 14.9. The number of aromatic hydroxyl groups is 2. The number of nitrogens with zero attached hydrogens (tertiary/aromatic N) is 2. The number of phenols is 2. The smallest absolute Gasteiger partial charge is 0.423 e. The van der Waals surface area contributed by atoms with Crippen molar-refractivity contribution >= 4 is 17.2 Å². The van der Waals surface area contributed by atoms with E-state index < -0.39 is 11.2 Å². The summed E-state index contributed by atoms with van der Waals surface area (Å²) in [6, 6.07) is 9.67. The molecule has 1 aliphatic rings. The summed E-state index contributed by atoms with van der Waals surface area (Å²) in [6.07, 6.45) is 2.31. The van der Waals surface area contributed by atoms with Gasteiger partial charge in [0.25, 0.3) is 5.41 Å². The van der Waals surface area contributed by atoms with Crippen molar-refractivity contribution in [3.63, 3.8) is 0 Å². The Hall–Kier alpha value is -3.24. The highest BCUT2D eigenvalue weighted by Crippen LogP contribution is 2.51. The summed E-state index contributed by atoms with van der Waals surface area (Å²) in [6.45, 7) is 0. The lowest BCUT2D eigenvalue weighted by Gasteiger charge is -2.29. The van der Waals surface area contributed by atoms with Gasteiger partial charge in [0, 0.05) is 62.8 Å². The molecule has 2 aromatic carbocycles. The third-order valence-electron chi connectivity index (χ3n) is 4.73. The van der Waals surface area contributed by atoms with Gasteiger partial charge in [0.2, 0.25) is 0 Å². The maximum absolute atomic E-state index is 12.6. The van der Waals surface area contributed by atoms with Crippen molar-refractivity contribution in [2.24, 2.45) is 0 Å². The molecule has 134 valence electrons. The van der Waals surface area contributed by atoms with E-state index >= 15 is 0 Å². The van der Waals surface area contributed by atoms with Gasteiger partial charge in [-0.3, -0.25) is 0 Å². The molecule has 6 nitrogen and oxygen atoms in total. The van der Waals surface area contributed by atoms with E-state index in [-0.39, 0.29) is 28.4 Å². The minimum absolute atomic E-state index is 0.145. The minimum atomic E-state index is -1.65. The molecule has 0 atom stereocenters. The van der Waals surface area contributed by atoms with Gasteiger partial charge < -0.3 is 25.1 Å². The van der Waals surface area contributed by atoms with Crippen LogP contribution in [0.1, 0.15) is 11.1 Å². The van der Waals surface area contributed by atoms with Crippen molar-refractivity contribution in [3.8, 4) is 11.5 Å². The van der Waals surface area contributed by atoms with Gasteiger partial charge in [-0.2, -0.15) is 0 Å². The Morgan fingerprint density at radius 1 is 0.808 bits per heavy atom. The van der Waals surface area contributed by atoms with Crippen LogP contribution in [-0.4, -0.2) is 49.3 Å². The molecule has 0 radical (unpaired) electrons. The first-order valence-corrected chi connectivity index (χ1v) is 8.09. The van der Waals surface area contributed by atoms with Crippen molar-refractivity contribution in [2.45, 2.75) is 5.41 Å².